The third-order valence-electron chi connectivity index (χ3n) is 12.2. The lowest BCUT2D eigenvalue weighted by Crippen LogP contribution is -2.02. The van der Waals surface area contributed by atoms with Crippen molar-refractivity contribution < 1.29 is 0 Å². The van der Waals surface area contributed by atoms with Gasteiger partial charge in [0.05, 0.1) is 22.1 Å². The molecule has 0 spiro atoms. The van der Waals surface area contributed by atoms with Gasteiger partial charge < -0.3 is 9.13 Å². The molecule has 0 amide bonds. The van der Waals surface area contributed by atoms with Crippen molar-refractivity contribution in [1.29, 1.82) is 0 Å². The predicted octanol–water partition coefficient (Wildman–Crippen LogP) is 14.7. The first-order chi connectivity index (χ1) is 31.1. The third-order valence-corrected chi connectivity index (χ3v) is 12.2. The Morgan fingerprint density at radius 1 is 0.286 bits per heavy atom. The van der Waals surface area contributed by atoms with Gasteiger partial charge in [-0.2, -0.15) is 0 Å². The molecule has 0 aliphatic carbocycles. The van der Waals surface area contributed by atoms with Crippen molar-refractivity contribution in [3.63, 3.8) is 0 Å². The van der Waals surface area contributed by atoms with Crippen molar-refractivity contribution in [2.45, 2.75) is 6.92 Å². The summed E-state index contributed by atoms with van der Waals surface area (Å²) >= 11 is 0. The maximum absolute atomic E-state index is 5.30. The quantitative estimate of drug-likeness (QED) is 0.161. The van der Waals surface area contributed by atoms with E-state index in [0.29, 0.717) is 17.5 Å². The molecular weight excluding hydrogens is 767 g/mol. The Kier molecular flexibility index (Phi) is 8.64. The van der Waals surface area contributed by atoms with E-state index in [4.69, 9.17) is 15.0 Å². The topological polar surface area (TPSA) is 48.5 Å². The number of aryl methyl sites for hydroxylation is 1. The highest BCUT2D eigenvalue weighted by atomic mass is 15.0. The molecule has 0 fully saturated rings. The van der Waals surface area contributed by atoms with Crippen molar-refractivity contribution in [1.82, 2.24) is 24.1 Å². The first-order valence-electron chi connectivity index (χ1n) is 21.4. The van der Waals surface area contributed by atoms with Crippen molar-refractivity contribution in [3.05, 3.63) is 224 Å². The largest absolute Gasteiger partial charge is 0.309 e. The Labute approximate surface area is 364 Å². The van der Waals surface area contributed by atoms with Crippen LogP contribution in [0.5, 0.6) is 0 Å². The van der Waals surface area contributed by atoms with Crippen LogP contribution in [0.15, 0.2) is 218 Å². The number of aromatic nitrogens is 5. The molecule has 9 aromatic carbocycles. The SMILES string of the molecule is Cc1ccc2c3ccccc3n(-c3ccc4c(c3)c3ccccc3n4-c3ccc(-c4ccccc4)c(-c4nc(-c5ccccc5)nc(-c5ccc(-c6ccccc6)cc5)n4)c3)c2c1. The maximum Gasteiger partial charge on any atom is 0.164 e. The molecule has 0 saturated heterocycles. The summed E-state index contributed by atoms with van der Waals surface area (Å²) in [6.45, 7) is 2.17. The predicted molar refractivity (Wildman–Crippen MR) is 260 cm³/mol. The van der Waals surface area contributed by atoms with Crippen LogP contribution >= 0.6 is 0 Å². The van der Waals surface area contributed by atoms with Crippen LogP contribution in [-0.2, 0) is 0 Å². The lowest BCUT2D eigenvalue weighted by atomic mass is 9.98. The summed E-state index contributed by atoms with van der Waals surface area (Å²) in [6.07, 6.45) is 0. The molecular formula is C58H39N5. The van der Waals surface area contributed by atoms with Gasteiger partial charge in [0.1, 0.15) is 0 Å². The normalized spacial score (nSPS) is 11.6. The van der Waals surface area contributed by atoms with Gasteiger partial charge in [-0.3, -0.25) is 0 Å². The number of rotatable bonds is 7. The fraction of sp³-hybridized carbons (Fsp3) is 0.0172. The number of benzene rings is 9. The van der Waals surface area contributed by atoms with E-state index in [1.807, 2.05) is 24.3 Å². The zero-order chi connectivity index (χ0) is 41.9. The summed E-state index contributed by atoms with van der Waals surface area (Å²) in [5.41, 5.74) is 15.2. The maximum atomic E-state index is 5.30. The third kappa shape index (κ3) is 6.29. The zero-order valence-electron chi connectivity index (χ0n) is 34.5. The van der Waals surface area contributed by atoms with Crippen LogP contribution in [0.4, 0.5) is 0 Å². The first kappa shape index (κ1) is 36.4. The molecule has 0 bridgehead atoms. The van der Waals surface area contributed by atoms with E-state index in [1.165, 1.54) is 38.1 Å². The highest BCUT2D eigenvalue weighted by Crippen LogP contribution is 2.40. The second-order valence-corrected chi connectivity index (χ2v) is 16.1. The smallest absolute Gasteiger partial charge is 0.164 e. The van der Waals surface area contributed by atoms with Crippen LogP contribution in [0.1, 0.15) is 5.56 Å². The molecule has 0 saturated carbocycles. The molecule has 0 atom stereocenters. The average molecular weight is 806 g/mol. The molecule has 0 aliphatic rings. The number of para-hydroxylation sites is 2. The minimum Gasteiger partial charge on any atom is -0.309 e. The molecule has 5 heteroatoms. The van der Waals surface area contributed by atoms with Crippen LogP contribution in [0, 0.1) is 6.92 Å². The molecule has 3 heterocycles. The van der Waals surface area contributed by atoms with Gasteiger partial charge in [0.15, 0.2) is 17.5 Å². The lowest BCUT2D eigenvalue weighted by molar-refractivity contribution is 1.07. The molecule has 63 heavy (non-hydrogen) atoms. The minimum absolute atomic E-state index is 0.608. The Balaban J connectivity index is 1.06. The van der Waals surface area contributed by atoms with Crippen molar-refractivity contribution in [3.8, 4) is 67.8 Å². The van der Waals surface area contributed by atoms with Gasteiger partial charge in [-0.15, -0.1) is 0 Å². The molecule has 3 aromatic heterocycles. The lowest BCUT2D eigenvalue weighted by Gasteiger charge is -2.16. The van der Waals surface area contributed by atoms with Crippen LogP contribution in [0.25, 0.3) is 111 Å². The van der Waals surface area contributed by atoms with Crippen molar-refractivity contribution in [2.24, 2.45) is 0 Å². The van der Waals surface area contributed by atoms with E-state index >= 15 is 0 Å². The Bertz CT molecular complexity index is 3660. The Morgan fingerprint density at radius 2 is 0.746 bits per heavy atom. The van der Waals surface area contributed by atoms with Crippen LogP contribution in [-0.4, -0.2) is 24.1 Å². The highest BCUT2D eigenvalue weighted by Gasteiger charge is 2.20. The summed E-state index contributed by atoms with van der Waals surface area (Å²) in [4.78, 5) is 15.7. The number of hydrogen-bond acceptors (Lipinski definition) is 3. The molecule has 296 valence electrons. The van der Waals surface area contributed by atoms with Gasteiger partial charge in [-0.1, -0.05) is 170 Å². The summed E-state index contributed by atoms with van der Waals surface area (Å²) in [5.74, 6) is 1.85. The first-order valence-corrected chi connectivity index (χ1v) is 21.4. The Hall–Kier alpha value is -8.41. The summed E-state index contributed by atoms with van der Waals surface area (Å²) < 4.78 is 4.79. The molecule has 0 N–H and O–H groups in total. The van der Waals surface area contributed by atoms with E-state index in [2.05, 4.69) is 210 Å². The molecule has 5 nitrogen and oxygen atoms in total. The molecule has 12 aromatic rings. The number of nitrogens with zero attached hydrogens (tertiary/aromatic N) is 5. The molecule has 0 aliphatic heterocycles. The van der Waals surface area contributed by atoms with Crippen molar-refractivity contribution >= 4 is 43.6 Å². The fourth-order valence-corrected chi connectivity index (χ4v) is 9.25. The van der Waals surface area contributed by atoms with Gasteiger partial charge in [0, 0.05) is 49.6 Å². The van der Waals surface area contributed by atoms with Crippen LogP contribution < -0.4 is 0 Å². The van der Waals surface area contributed by atoms with E-state index in [9.17, 15) is 0 Å². The number of fused-ring (bicyclic) bond motifs is 6. The van der Waals surface area contributed by atoms with Gasteiger partial charge in [0.2, 0.25) is 0 Å². The van der Waals surface area contributed by atoms with Crippen LogP contribution in [0.2, 0.25) is 0 Å². The van der Waals surface area contributed by atoms with E-state index in [-0.39, 0.29) is 0 Å². The fourth-order valence-electron chi connectivity index (χ4n) is 9.25. The molecule has 0 radical (unpaired) electrons. The second-order valence-electron chi connectivity index (χ2n) is 16.1. The summed E-state index contributed by atoms with van der Waals surface area (Å²) in [7, 11) is 0. The summed E-state index contributed by atoms with van der Waals surface area (Å²) in [5, 5.41) is 4.88. The zero-order valence-corrected chi connectivity index (χ0v) is 34.5. The molecule has 0 unspecified atom stereocenters. The minimum atomic E-state index is 0.608. The number of hydrogen-bond donors (Lipinski definition) is 0. The summed E-state index contributed by atoms with van der Waals surface area (Å²) in [6, 6.07) is 77.4. The standard InChI is InChI=1S/C58H39N5/c1-38-25-32-49-47-21-11-13-23-52(47)63(55(49)35-38)45-31-34-54-50(36-45)48-22-12-14-24-53(48)62(54)44-30-33-46(41-17-7-3-8-18-41)51(37-44)58-60-56(42-19-9-4-10-20-42)59-57(61-58)43-28-26-40(27-29-43)39-15-5-2-6-16-39/h2-37H,1H3. The molecule has 12 rings (SSSR count). The van der Waals surface area contributed by atoms with Gasteiger partial charge >= 0.3 is 0 Å². The Morgan fingerprint density at radius 3 is 1.43 bits per heavy atom. The monoisotopic (exact) mass is 805 g/mol. The van der Waals surface area contributed by atoms with Crippen molar-refractivity contribution in [2.75, 3.05) is 0 Å². The average Bonchev–Trinajstić information content (AvgIpc) is 3.86. The highest BCUT2D eigenvalue weighted by molar-refractivity contribution is 6.12. The van der Waals surface area contributed by atoms with E-state index < -0.39 is 0 Å². The van der Waals surface area contributed by atoms with Crippen LogP contribution in [0.3, 0.4) is 0 Å². The van der Waals surface area contributed by atoms with Gasteiger partial charge in [-0.05, 0) is 83.3 Å². The van der Waals surface area contributed by atoms with E-state index in [0.717, 1.165) is 61.4 Å². The van der Waals surface area contributed by atoms with E-state index in [1.54, 1.807) is 0 Å². The van der Waals surface area contributed by atoms with Gasteiger partial charge in [-0.25, -0.2) is 15.0 Å². The second kappa shape index (κ2) is 14.9. The van der Waals surface area contributed by atoms with Gasteiger partial charge in [0.25, 0.3) is 0 Å².